The van der Waals surface area contributed by atoms with Gasteiger partial charge in [0.25, 0.3) is 0 Å². The molecule has 2 fully saturated rings. The van der Waals surface area contributed by atoms with Gasteiger partial charge in [0.1, 0.15) is 0 Å². The van der Waals surface area contributed by atoms with Gasteiger partial charge >= 0.3 is 0 Å². The Morgan fingerprint density at radius 2 is 1.81 bits per heavy atom. The van der Waals surface area contributed by atoms with Gasteiger partial charge in [0.15, 0.2) is 0 Å². The number of benzene rings is 1. The fourth-order valence-corrected chi connectivity index (χ4v) is 3.79. The lowest BCUT2D eigenvalue weighted by atomic mass is 10.1. The van der Waals surface area contributed by atoms with Crippen LogP contribution in [0.5, 0.6) is 0 Å². The van der Waals surface area contributed by atoms with Crippen LogP contribution < -0.4 is 9.80 Å². The highest BCUT2D eigenvalue weighted by molar-refractivity contribution is 6.31. The minimum atomic E-state index is -0.309. The summed E-state index contributed by atoms with van der Waals surface area (Å²) in [5.74, 6) is 0.386. The van der Waals surface area contributed by atoms with Crippen molar-refractivity contribution in [3.8, 4) is 0 Å². The summed E-state index contributed by atoms with van der Waals surface area (Å²) in [5, 5.41) is 0.578. The van der Waals surface area contributed by atoms with Crippen molar-refractivity contribution in [1.29, 1.82) is 0 Å². The lowest BCUT2D eigenvalue weighted by Gasteiger charge is -2.35. The first-order valence-corrected chi connectivity index (χ1v) is 9.36. The SMILES string of the molecule is O=C(C1CC(=O)N(c2cccc(Cl)c2)C1)N1CCN(c2ncccn2)CC1. The third-order valence-electron chi connectivity index (χ3n) is 5.02. The molecule has 27 heavy (non-hydrogen) atoms. The maximum Gasteiger partial charge on any atom is 0.228 e. The third kappa shape index (κ3) is 3.73. The molecule has 0 N–H and O–H groups in total. The number of carbonyl (C=O) groups excluding carboxylic acids is 2. The van der Waals surface area contributed by atoms with E-state index in [1.165, 1.54) is 0 Å². The first kappa shape index (κ1) is 17.7. The van der Waals surface area contributed by atoms with E-state index in [1.54, 1.807) is 35.5 Å². The van der Waals surface area contributed by atoms with Crippen LogP contribution >= 0.6 is 11.6 Å². The number of anilines is 2. The van der Waals surface area contributed by atoms with E-state index >= 15 is 0 Å². The molecule has 1 unspecified atom stereocenters. The zero-order valence-electron chi connectivity index (χ0n) is 14.8. The topological polar surface area (TPSA) is 69.6 Å². The number of hydrogen-bond donors (Lipinski definition) is 0. The van der Waals surface area contributed by atoms with Crippen LogP contribution in [-0.4, -0.2) is 59.4 Å². The summed E-state index contributed by atoms with van der Waals surface area (Å²) in [4.78, 5) is 39.4. The van der Waals surface area contributed by atoms with E-state index in [1.807, 2.05) is 17.0 Å². The van der Waals surface area contributed by atoms with Crippen molar-refractivity contribution in [3.63, 3.8) is 0 Å². The molecular formula is C19H20ClN5O2. The molecule has 1 aromatic carbocycles. The molecule has 0 bridgehead atoms. The second kappa shape index (κ2) is 7.52. The Balaban J connectivity index is 1.37. The maximum absolute atomic E-state index is 12.9. The second-order valence-corrected chi connectivity index (χ2v) is 7.18. The van der Waals surface area contributed by atoms with Crippen LogP contribution in [0.15, 0.2) is 42.7 Å². The lowest BCUT2D eigenvalue weighted by molar-refractivity contribution is -0.136. The Labute approximate surface area is 162 Å². The first-order valence-electron chi connectivity index (χ1n) is 8.98. The number of piperazine rings is 1. The molecule has 1 aromatic heterocycles. The largest absolute Gasteiger partial charge is 0.339 e. The van der Waals surface area contributed by atoms with Gasteiger partial charge in [0, 0.05) is 62.2 Å². The van der Waals surface area contributed by atoms with Crippen LogP contribution in [0.3, 0.4) is 0 Å². The molecule has 7 nitrogen and oxygen atoms in total. The van der Waals surface area contributed by atoms with E-state index in [2.05, 4.69) is 14.9 Å². The Kier molecular flexibility index (Phi) is 4.94. The van der Waals surface area contributed by atoms with Crippen LogP contribution in [0, 0.1) is 5.92 Å². The van der Waals surface area contributed by atoms with Crippen LogP contribution in [-0.2, 0) is 9.59 Å². The van der Waals surface area contributed by atoms with Crippen LogP contribution in [0.2, 0.25) is 5.02 Å². The average Bonchev–Trinajstić information content (AvgIpc) is 3.10. The van der Waals surface area contributed by atoms with Crippen molar-refractivity contribution in [2.75, 3.05) is 42.5 Å². The molecule has 2 aliphatic heterocycles. The first-order chi connectivity index (χ1) is 13.1. The number of halogens is 1. The van der Waals surface area contributed by atoms with Gasteiger partial charge in [-0.3, -0.25) is 9.59 Å². The van der Waals surface area contributed by atoms with Crippen molar-refractivity contribution in [2.45, 2.75) is 6.42 Å². The normalized spacial score (nSPS) is 20.3. The van der Waals surface area contributed by atoms with E-state index in [4.69, 9.17) is 11.6 Å². The molecule has 2 aliphatic rings. The second-order valence-electron chi connectivity index (χ2n) is 6.75. The van der Waals surface area contributed by atoms with E-state index in [-0.39, 0.29) is 24.2 Å². The molecule has 4 rings (SSSR count). The maximum atomic E-state index is 12.9. The molecule has 0 radical (unpaired) electrons. The van der Waals surface area contributed by atoms with Crippen molar-refractivity contribution < 1.29 is 9.59 Å². The van der Waals surface area contributed by atoms with E-state index in [0.29, 0.717) is 43.7 Å². The van der Waals surface area contributed by atoms with Crippen molar-refractivity contribution in [2.24, 2.45) is 5.92 Å². The highest BCUT2D eigenvalue weighted by Gasteiger charge is 2.38. The number of hydrogen-bond acceptors (Lipinski definition) is 5. The Bertz CT molecular complexity index is 839. The number of rotatable bonds is 3. The standard InChI is InChI=1S/C19H20ClN5O2/c20-15-3-1-4-16(12-15)25-13-14(11-17(25)26)18(27)23-7-9-24(10-8-23)19-21-5-2-6-22-19/h1-6,12,14H,7-11,13H2. The fraction of sp³-hybridized carbons (Fsp3) is 0.368. The van der Waals surface area contributed by atoms with Crippen molar-refractivity contribution in [1.82, 2.24) is 14.9 Å². The van der Waals surface area contributed by atoms with Gasteiger partial charge in [-0.15, -0.1) is 0 Å². The van der Waals surface area contributed by atoms with Gasteiger partial charge in [-0.05, 0) is 24.3 Å². The molecule has 1 atom stereocenters. The third-order valence-corrected chi connectivity index (χ3v) is 5.26. The Morgan fingerprint density at radius 1 is 1.07 bits per heavy atom. The van der Waals surface area contributed by atoms with Gasteiger partial charge < -0.3 is 14.7 Å². The van der Waals surface area contributed by atoms with E-state index in [0.717, 1.165) is 5.69 Å². The Hall–Kier alpha value is -2.67. The molecule has 0 saturated carbocycles. The molecule has 0 spiro atoms. The van der Waals surface area contributed by atoms with Gasteiger partial charge in [-0.1, -0.05) is 17.7 Å². The molecule has 2 amide bonds. The van der Waals surface area contributed by atoms with Gasteiger partial charge in [0.05, 0.1) is 5.92 Å². The summed E-state index contributed by atoms with van der Waals surface area (Å²) in [6.07, 6.45) is 3.68. The van der Waals surface area contributed by atoms with Crippen molar-refractivity contribution >= 4 is 35.1 Å². The predicted octanol–water partition coefficient (Wildman–Crippen LogP) is 1.83. The van der Waals surface area contributed by atoms with Gasteiger partial charge in [-0.25, -0.2) is 9.97 Å². The minimum absolute atomic E-state index is 0.0352. The highest BCUT2D eigenvalue weighted by Crippen LogP contribution is 2.28. The number of carbonyl (C=O) groups is 2. The predicted molar refractivity (Wildman–Crippen MR) is 103 cm³/mol. The summed E-state index contributed by atoms with van der Waals surface area (Å²) in [6.45, 7) is 3.00. The van der Waals surface area contributed by atoms with Gasteiger partial charge in [-0.2, -0.15) is 0 Å². The van der Waals surface area contributed by atoms with E-state index < -0.39 is 0 Å². The molecule has 2 saturated heterocycles. The monoisotopic (exact) mass is 385 g/mol. The summed E-state index contributed by atoms with van der Waals surface area (Å²) >= 11 is 6.03. The fourth-order valence-electron chi connectivity index (χ4n) is 3.61. The highest BCUT2D eigenvalue weighted by atomic mass is 35.5. The summed E-state index contributed by atoms with van der Waals surface area (Å²) in [7, 11) is 0. The van der Waals surface area contributed by atoms with Crippen molar-refractivity contribution in [3.05, 3.63) is 47.7 Å². The number of aromatic nitrogens is 2. The van der Waals surface area contributed by atoms with Crippen LogP contribution in [0.1, 0.15) is 6.42 Å². The molecule has 3 heterocycles. The smallest absolute Gasteiger partial charge is 0.228 e. The Morgan fingerprint density at radius 3 is 2.52 bits per heavy atom. The van der Waals surface area contributed by atoms with E-state index in [9.17, 15) is 9.59 Å². The van der Waals surface area contributed by atoms with Crippen LogP contribution in [0.4, 0.5) is 11.6 Å². The zero-order valence-corrected chi connectivity index (χ0v) is 15.5. The summed E-state index contributed by atoms with van der Waals surface area (Å²) < 4.78 is 0. The number of amides is 2. The molecule has 8 heteroatoms. The molecule has 140 valence electrons. The summed E-state index contributed by atoms with van der Waals surface area (Å²) in [5.41, 5.74) is 0.744. The van der Waals surface area contributed by atoms with Gasteiger partial charge in [0.2, 0.25) is 17.8 Å². The molecular weight excluding hydrogens is 366 g/mol. The van der Waals surface area contributed by atoms with Crippen LogP contribution in [0.25, 0.3) is 0 Å². The quantitative estimate of drug-likeness (QED) is 0.806. The lowest BCUT2D eigenvalue weighted by Crippen LogP contribution is -2.51. The molecule has 2 aromatic rings. The minimum Gasteiger partial charge on any atom is -0.339 e. The number of nitrogens with zero attached hydrogens (tertiary/aromatic N) is 5. The molecule has 0 aliphatic carbocycles. The average molecular weight is 386 g/mol. The zero-order chi connectivity index (χ0) is 18.8. The summed E-state index contributed by atoms with van der Waals surface area (Å²) in [6, 6.07) is 8.96.